The Labute approximate surface area is 197 Å². The van der Waals surface area contributed by atoms with E-state index in [1.165, 1.54) is 47.8 Å². The Hall–Kier alpha value is -1.51. The third kappa shape index (κ3) is 5.29. The normalized spacial score (nSPS) is 20.4. The number of aryl methyl sites for hydroxylation is 1. The Morgan fingerprint density at radius 3 is 2.87 bits per heavy atom. The molecule has 2 aromatic rings. The van der Waals surface area contributed by atoms with Gasteiger partial charge in [-0.15, -0.1) is 10.2 Å². The lowest BCUT2D eigenvalue weighted by molar-refractivity contribution is 0.180. The number of halogens is 1. The van der Waals surface area contributed by atoms with E-state index < -0.39 is 0 Å². The van der Waals surface area contributed by atoms with Crippen LogP contribution in [0.2, 0.25) is 0 Å². The molecule has 166 valence electrons. The first-order valence-corrected chi connectivity index (χ1v) is 12.9. The quantitative estimate of drug-likeness (QED) is 0.362. The first-order valence-electron chi connectivity index (χ1n) is 11.2. The van der Waals surface area contributed by atoms with Crippen LogP contribution in [-0.2, 0) is 19.9 Å². The zero-order chi connectivity index (χ0) is 21.8. The van der Waals surface area contributed by atoms with Crippen molar-refractivity contribution in [1.29, 1.82) is 0 Å². The molecule has 0 saturated carbocycles. The molecule has 0 spiro atoms. The van der Waals surface area contributed by atoms with Gasteiger partial charge in [-0.2, -0.15) is 0 Å². The molecule has 0 N–H and O–H groups in total. The molecule has 0 bridgehead atoms. The number of aromatic nitrogens is 3. The Morgan fingerprint density at radius 2 is 2.10 bits per heavy atom. The Balaban J connectivity index is 1.30. The minimum atomic E-state index is -0.0818. The molecule has 31 heavy (non-hydrogen) atoms. The summed E-state index contributed by atoms with van der Waals surface area (Å²) in [6.45, 7) is 6.59. The minimum Gasteiger partial charge on any atom is -0.307 e. The second-order valence-corrected chi connectivity index (χ2v) is 10.4. The Morgan fingerprint density at radius 1 is 1.23 bits per heavy atom. The van der Waals surface area contributed by atoms with Crippen LogP contribution in [0.25, 0.3) is 0 Å². The van der Waals surface area contributed by atoms with Crippen LogP contribution in [0.15, 0.2) is 37.8 Å². The van der Waals surface area contributed by atoms with Crippen LogP contribution in [0.5, 0.6) is 0 Å². The van der Waals surface area contributed by atoms with Crippen molar-refractivity contribution in [3.05, 3.63) is 39.6 Å². The predicted octanol–water partition coefficient (Wildman–Crippen LogP) is 4.87. The number of aliphatic imine (C=N–C) groups is 2. The van der Waals surface area contributed by atoms with Crippen LogP contribution >= 0.6 is 27.7 Å². The molecule has 0 saturated heterocycles. The lowest BCUT2D eigenvalue weighted by Crippen LogP contribution is -2.40. The summed E-state index contributed by atoms with van der Waals surface area (Å²) in [6.07, 6.45) is 7.58. The van der Waals surface area contributed by atoms with Crippen molar-refractivity contribution in [2.45, 2.75) is 63.2 Å². The van der Waals surface area contributed by atoms with Crippen LogP contribution in [0.4, 0.5) is 0 Å². The van der Waals surface area contributed by atoms with E-state index in [2.05, 4.69) is 70.7 Å². The summed E-state index contributed by atoms with van der Waals surface area (Å²) in [7, 11) is 2.03. The Kier molecular flexibility index (Phi) is 7.61. The van der Waals surface area contributed by atoms with Crippen LogP contribution in [0, 0.1) is 0 Å². The maximum atomic E-state index is 4.40. The number of hydrogen-bond acceptors (Lipinski definition) is 6. The van der Waals surface area contributed by atoms with Crippen molar-refractivity contribution >= 4 is 39.7 Å². The average molecular weight is 504 g/mol. The van der Waals surface area contributed by atoms with Crippen LogP contribution < -0.4 is 0 Å². The molecule has 0 radical (unpaired) electrons. The molecule has 6 nitrogen and oxygen atoms in total. The topological polar surface area (TPSA) is 58.7 Å². The lowest BCUT2D eigenvalue weighted by atomic mass is 9.87. The molecule has 0 fully saturated rings. The van der Waals surface area contributed by atoms with Gasteiger partial charge in [-0.05, 0) is 75.4 Å². The number of fused-ring (bicyclic) bond motifs is 1. The van der Waals surface area contributed by atoms with Gasteiger partial charge >= 0.3 is 0 Å². The van der Waals surface area contributed by atoms with Crippen molar-refractivity contribution in [3.8, 4) is 0 Å². The summed E-state index contributed by atoms with van der Waals surface area (Å²) in [5.74, 6) is 1.92. The fraction of sp³-hybridized carbons (Fsp3) is 0.565. The van der Waals surface area contributed by atoms with Crippen molar-refractivity contribution in [3.63, 3.8) is 0 Å². The standard InChI is InChI=1S/C23H31BrN6S/c1-4-10-30(20-9-7-17-13-19(24)8-6-18(17)14-20)11-5-12-31-23-28-27-22(29(23)3)21-16(2)25-15-26-21/h6,8,13,15,20-21H,4-5,7,9-12,14H2,1-3H3. The highest BCUT2D eigenvalue weighted by molar-refractivity contribution is 9.10. The number of rotatable bonds is 9. The van der Waals surface area contributed by atoms with Crippen LogP contribution in [-0.4, -0.2) is 56.6 Å². The zero-order valence-corrected chi connectivity index (χ0v) is 21.0. The monoisotopic (exact) mass is 502 g/mol. The fourth-order valence-electron chi connectivity index (χ4n) is 4.52. The molecule has 1 aromatic carbocycles. The highest BCUT2D eigenvalue weighted by atomic mass is 79.9. The van der Waals surface area contributed by atoms with Gasteiger partial charge in [-0.3, -0.25) is 4.99 Å². The molecular formula is C23H31BrN6S. The zero-order valence-electron chi connectivity index (χ0n) is 18.6. The fourth-order valence-corrected chi connectivity index (χ4v) is 5.77. The number of benzene rings is 1. The van der Waals surface area contributed by atoms with Crippen molar-refractivity contribution in [2.24, 2.45) is 17.0 Å². The number of nitrogens with zero attached hydrogens (tertiary/aromatic N) is 6. The van der Waals surface area contributed by atoms with Crippen molar-refractivity contribution in [2.75, 3.05) is 18.8 Å². The highest BCUT2D eigenvalue weighted by Crippen LogP contribution is 2.28. The van der Waals surface area contributed by atoms with Gasteiger partial charge in [-0.25, -0.2) is 4.99 Å². The molecule has 4 rings (SSSR count). The van der Waals surface area contributed by atoms with Gasteiger partial charge in [0.2, 0.25) is 0 Å². The maximum Gasteiger partial charge on any atom is 0.191 e. The maximum absolute atomic E-state index is 4.40. The van der Waals surface area contributed by atoms with Gasteiger partial charge in [0.25, 0.3) is 0 Å². The van der Waals surface area contributed by atoms with Crippen LogP contribution in [0.3, 0.4) is 0 Å². The van der Waals surface area contributed by atoms with E-state index in [1.807, 2.05) is 14.0 Å². The number of hydrogen-bond donors (Lipinski definition) is 0. The van der Waals surface area contributed by atoms with E-state index in [0.29, 0.717) is 6.04 Å². The molecule has 2 atom stereocenters. The van der Waals surface area contributed by atoms with Crippen LogP contribution in [0.1, 0.15) is 56.1 Å². The smallest absolute Gasteiger partial charge is 0.191 e. The molecule has 8 heteroatoms. The summed E-state index contributed by atoms with van der Waals surface area (Å²) in [6, 6.07) is 7.36. The summed E-state index contributed by atoms with van der Waals surface area (Å²) in [5.41, 5.74) is 4.02. The van der Waals surface area contributed by atoms with Crippen molar-refractivity contribution < 1.29 is 0 Å². The van der Waals surface area contributed by atoms with E-state index in [0.717, 1.165) is 35.4 Å². The molecule has 2 heterocycles. The van der Waals surface area contributed by atoms with E-state index >= 15 is 0 Å². The van der Waals surface area contributed by atoms with Gasteiger partial charge < -0.3 is 9.47 Å². The molecule has 2 aliphatic rings. The Bertz CT molecular complexity index is 969. The molecule has 1 aliphatic carbocycles. The first-order chi connectivity index (χ1) is 15.1. The second kappa shape index (κ2) is 10.4. The molecule has 1 aromatic heterocycles. The summed E-state index contributed by atoms with van der Waals surface area (Å²) < 4.78 is 3.26. The summed E-state index contributed by atoms with van der Waals surface area (Å²) in [4.78, 5) is 11.4. The van der Waals surface area contributed by atoms with Gasteiger partial charge in [0, 0.05) is 29.0 Å². The molecule has 1 aliphatic heterocycles. The van der Waals surface area contributed by atoms with E-state index in [1.54, 1.807) is 18.1 Å². The second-order valence-electron chi connectivity index (χ2n) is 8.38. The van der Waals surface area contributed by atoms with Gasteiger partial charge in [0.05, 0.1) is 0 Å². The van der Waals surface area contributed by atoms with Gasteiger partial charge in [-0.1, -0.05) is 40.7 Å². The van der Waals surface area contributed by atoms with Gasteiger partial charge in [0.15, 0.2) is 11.0 Å². The molecule has 2 unspecified atom stereocenters. The average Bonchev–Trinajstić information content (AvgIpc) is 3.35. The molecular weight excluding hydrogens is 472 g/mol. The lowest BCUT2D eigenvalue weighted by Gasteiger charge is -2.35. The van der Waals surface area contributed by atoms with Crippen molar-refractivity contribution in [1.82, 2.24) is 19.7 Å². The summed E-state index contributed by atoms with van der Waals surface area (Å²) >= 11 is 5.40. The highest BCUT2D eigenvalue weighted by Gasteiger charge is 2.25. The minimum absolute atomic E-state index is 0.0818. The predicted molar refractivity (Wildman–Crippen MR) is 133 cm³/mol. The van der Waals surface area contributed by atoms with E-state index in [-0.39, 0.29) is 6.04 Å². The van der Waals surface area contributed by atoms with Gasteiger partial charge in [0.1, 0.15) is 12.4 Å². The first kappa shape index (κ1) is 22.7. The number of thioether (sulfide) groups is 1. The largest absolute Gasteiger partial charge is 0.307 e. The molecule has 0 amide bonds. The SMILES string of the molecule is CCCN(CCCSc1nnc(C2N=CN=C2C)n1C)C1CCc2cc(Br)ccc2C1. The third-order valence-electron chi connectivity index (χ3n) is 6.20. The van der Waals surface area contributed by atoms with E-state index in [4.69, 9.17) is 0 Å². The summed E-state index contributed by atoms with van der Waals surface area (Å²) in [5, 5.41) is 9.74. The van der Waals surface area contributed by atoms with E-state index in [9.17, 15) is 0 Å². The third-order valence-corrected chi connectivity index (χ3v) is 7.80.